The first-order valence-electron chi connectivity index (χ1n) is 4.27. The number of hydrogen-bond donors (Lipinski definition) is 1. The lowest BCUT2D eigenvalue weighted by molar-refractivity contribution is 0.873. The quantitative estimate of drug-likeness (QED) is 0.749. The minimum atomic E-state index is 0.459. The molecule has 2 rings (SSSR count). The first kappa shape index (κ1) is 9.03. The van der Waals surface area contributed by atoms with Crippen LogP contribution in [0.1, 0.15) is 17.8 Å². The van der Waals surface area contributed by atoms with Crippen LogP contribution in [0.2, 0.25) is 0 Å². The van der Waals surface area contributed by atoms with E-state index in [9.17, 15) is 0 Å². The molecule has 0 aliphatic heterocycles. The number of thiazole rings is 1. The average molecular weight is 209 g/mol. The van der Waals surface area contributed by atoms with Crippen LogP contribution in [0, 0.1) is 0 Å². The molecule has 68 valence electrons. The summed E-state index contributed by atoms with van der Waals surface area (Å²) in [5.74, 6) is 1.32. The predicted octanol–water partition coefficient (Wildman–Crippen LogP) is 3.33. The summed E-state index contributed by atoms with van der Waals surface area (Å²) in [5, 5.41) is 1.19. The van der Waals surface area contributed by atoms with Gasteiger partial charge in [0.15, 0.2) is 0 Å². The van der Waals surface area contributed by atoms with Gasteiger partial charge < -0.3 is 0 Å². The Bertz CT molecular complexity index is 375. The number of aromatic nitrogens is 1. The Labute approximate surface area is 87.2 Å². The van der Waals surface area contributed by atoms with Gasteiger partial charge in [0.2, 0.25) is 0 Å². The number of benzene rings is 1. The van der Waals surface area contributed by atoms with Crippen molar-refractivity contribution in [3.63, 3.8) is 0 Å². The van der Waals surface area contributed by atoms with Gasteiger partial charge in [0.25, 0.3) is 0 Å². The molecule has 1 aromatic carbocycles. The van der Waals surface area contributed by atoms with Gasteiger partial charge in [0.1, 0.15) is 0 Å². The van der Waals surface area contributed by atoms with Crippen molar-refractivity contribution in [2.45, 2.75) is 12.8 Å². The molecule has 0 fully saturated rings. The molecule has 0 N–H and O–H groups in total. The average Bonchev–Trinajstić information content (AvgIpc) is 2.59. The van der Waals surface area contributed by atoms with E-state index in [-0.39, 0.29) is 0 Å². The number of fused-ring (bicyclic) bond motifs is 1. The fourth-order valence-corrected chi connectivity index (χ4v) is 2.49. The van der Waals surface area contributed by atoms with E-state index >= 15 is 0 Å². The maximum absolute atomic E-state index is 4.55. The number of hydrogen-bond acceptors (Lipinski definition) is 3. The van der Waals surface area contributed by atoms with E-state index in [2.05, 4.69) is 42.7 Å². The largest absolute Gasteiger partial charge is 0.241 e. The van der Waals surface area contributed by atoms with Crippen molar-refractivity contribution < 1.29 is 0 Å². The molecule has 1 unspecified atom stereocenters. The molecule has 13 heavy (non-hydrogen) atoms. The zero-order valence-electron chi connectivity index (χ0n) is 7.40. The predicted molar refractivity (Wildman–Crippen MR) is 61.9 cm³/mol. The molecule has 1 nitrogen and oxygen atoms in total. The van der Waals surface area contributed by atoms with Crippen LogP contribution in [0.4, 0.5) is 0 Å². The van der Waals surface area contributed by atoms with Gasteiger partial charge in [-0.1, -0.05) is 19.1 Å². The smallest absolute Gasteiger partial charge is 0.0974 e. The number of thiol groups is 1. The summed E-state index contributed by atoms with van der Waals surface area (Å²) in [6.07, 6.45) is 0. The van der Waals surface area contributed by atoms with Crippen LogP contribution in [0.25, 0.3) is 10.2 Å². The van der Waals surface area contributed by atoms with Crippen molar-refractivity contribution >= 4 is 34.2 Å². The van der Waals surface area contributed by atoms with Crippen LogP contribution in [0.3, 0.4) is 0 Å². The second-order valence-corrected chi connectivity index (χ2v) is 4.53. The first-order chi connectivity index (χ1) is 6.31. The number of rotatable bonds is 2. The van der Waals surface area contributed by atoms with Gasteiger partial charge in [-0.3, -0.25) is 0 Å². The lowest BCUT2D eigenvalue weighted by atomic mass is 10.2. The lowest BCUT2D eigenvalue weighted by Crippen LogP contribution is -1.92. The lowest BCUT2D eigenvalue weighted by Gasteiger charge is -2.00. The molecule has 2 aromatic rings. The fourth-order valence-electron chi connectivity index (χ4n) is 1.18. The van der Waals surface area contributed by atoms with Gasteiger partial charge in [-0.25, -0.2) is 4.98 Å². The second-order valence-electron chi connectivity index (χ2n) is 3.10. The Kier molecular flexibility index (Phi) is 2.56. The van der Waals surface area contributed by atoms with Crippen LogP contribution in [-0.4, -0.2) is 10.7 Å². The Morgan fingerprint density at radius 1 is 1.46 bits per heavy atom. The van der Waals surface area contributed by atoms with Crippen molar-refractivity contribution in [1.82, 2.24) is 4.98 Å². The molecule has 0 bridgehead atoms. The van der Waals surface area contributed by atoms with Crippen molar-refractivity contribution in [3.05, 3.63) is 29.3 Å². The van der Waals surface area contributed by atoms with Gasteiger partial charge in [0, 0.05) is 5.92 Å². The SMILES string of the molecule is CC(CS)c1nc2ccccc2s1. The van der Waals surface area contributed by atoms with Crippen molar-refractivity contribution in [1.29, 1.82) is 0 Å². The third-order valence-electron chi connectivity index (χ3n) is 2.01. The molecule has 0 amide bonds. The van der Waals surface area contributed by atoms with Crippen molar-refractivity contribution in [3.8, 4) is 0 Å². The van der Waals surface area contributed by atoms with Gasteiger partial charge in [-0.2, -0.15) is 12.6 Å². The van der Waals surface area contributed by atoms with E-state index in [1.807, 2.05) is 6.07 Å². The summed E-state index contributed by atoms with van der Waals surface area (Å²) in [5.41, 5.74) is 1.11. The monoisotopic (exact) mass is 209 g/mol. The van der Waals surface area contributed by atoms with Gasteiger partial charge in [-0.15, -0.1) is 11.3 Å². The molecular weight excluding hydrogens is 198 g/mol. The molecule has 1 aromatic heterocycles. The fraction of sp³-hybridized carbons (Fsp3) is 0.300. The Morgan fingerprint density at radius 2 is 2.23 bits per heavy atom. The maximum Gasteiger partial charge on any atom is 0.0974 e. The summed E-state index contributed by atoms with van der Waals surface area (Å²) in [7, 11) is 0. The number of para-hydroxylation sites is 1. The molecule has 0 spiro atoms. The molecule has 0 radical (unpaired) electrons. The van der Waals surface area contributed by atoms with Gasteiger partial charge in [-0.05, 0) is 17.9 Å². The minimum absolute atomic E-state index is 0.459. The van der Waals surface area contributed by atoms with Crippen LogP contribution in [0.15, 0.2) is 24.3 Å². The zero-order valence-corrected chi connectivity index (χ0v) is 9.11. The molecule has 0 saturated carbocycles. The third kappa shape index (κ3) is 1.71. The highest BCUT2D eigenvalue weighted by Crippen LogP contribution is 2.27. The summed E-state index contributed by atoms with van der Waals surface area (Å²) in [6, 6.07) is 8.25. The zero-order chi connectivity index (χ0) is 9.26. The van der Waals surface area contributed by atoms with Crippen LogP contribution < -0.4 is 0 Å². The van der Waals surface area contributed by atoms with Gasteiger partial charge >= 0.3 is 0 Å². The van der Waals surface area contributed by atoms with E-state index in [0.29, 0.717) is 5.92 Å². The highest BCUT2D eigenvalue weighted by Gasteiger charge is 2.08. The summed E-state index contributed by atoms with van der Waals surface area (Å²) in [6.45, 7) is 2.16. The molecule has 1 atom stereocenters. The normalized spacial score (nSPS) is 13.4. The third-order valence-corrected chi connectivity index (χ3v) is 3.82. The Hall–Kier alpha value is -0.540. The highest BCUT2D eigenvalue weighted by molar-refractivity contribution is 7.80. The Balaban J connectivity index is 2.49. The van der Waals surface area contributed by atoms with E-state index in [1.165, 1.54) is 9.71 Å². The van der Waals surface area contributed by atoms with Gasteiger partial charge in [0.05, 0.1) is 15.2 Å². The molecular formula is C10H11NS2. The Morgan fingerprint density at radius 3 is 2.92 bits per heavy atom. The molecule has 1 heterocycles. The molecule has 3 heteroatoms. The van der Waals surface area contributed by atoms with E-state index in [0.717, 1.165) is 11.3 Å². The maximum atomic E-state index is 4.55. The summed E-state index contributed by atoms with van der Waals surface area (Å²) < 4.78 is 1.27. The second kappa shape index (κ2) is 3.68. The molecule has 0 aliphatic carbocycles. The molecule has 0 saturated heterocycles. The minimum Gasteiger partial charge on any atom is -0.241 e. The van der Waals surface area contributed by atoms with Crippen LogP contribution in [-0.2, 0) is 0 Å². The van der Waals surface area contributed by atoms with Crippen molar-refractivity contribution in [2.24, 2.45) is 0 Å². The standard InChI is InChI=1S/C10H11NS2/c1-7(6-12)10-11-8-4-2-3-5-9(8)13-10/h2-5,7,12H,6H2,1H3. The number of nitrogens with zero attached hydrogens (tertiary/aromatic N) is 1. The van der Waals surface area contributed by atoms with E-state index in [1.54, 1.807) is 11.3 Å². The topological polar surface area (TPSA) is 12.9 Å². The highest BCUT2D eigenvalue weighted by atomic mass is 32.1. The molecule has 0 aliphatic rings. The van der Waals surface area contributed by atoms with Crippen LogP contribution >= 0.6 is 24.0 Å². The summed E-state index contributed by atoms with van der Waals surface area (Å²) >= 11 is 6.05. The van der Waals surface area contributed by atoms with E-state index in [4.69, 9.17) is 0 Å². The van der Waals surface area contributed by atoms with Crippen LogP contribution in [0.5, 0.6) is 0 Å². The van der Waals surface area contributed by atoms with Crippen molar-refractivity contribution in [2.75, 3.05) is 5.75 Å². The first-order valence-corrected chi connectivity index (χ1v) is 5.72. The summed E-state index contributed by atoms with van der Waals surface area (Å²) in [4.78, 5) is 4.55. The van der Waals surface area contributed by atoms with E-state index < -0.39 is 0 Å².